The fourth-order valence-corrected chi connectivity index (χ4v) is 4.24. The van der Waals surface area contributed by atoms with Gasteiger partial charge < -0.3 is 24.1 Å². The summed E-state index contributed by atoms with van der Waals surface area (Å²) in [7, 11) is 0. The number of hydrogen-bond acceptors (Lipinski definition) is 6. The molecule has 0 spiro atoms. The SMILES string of the molecule is Cc1cc(C(=O)COC(=O)[C@H](NC(=O)c2ccc(F)cc2)C(C)C)c(C)n1-c1ccc2c(c1)OCCO2. The number of ketones is 1. The van der Waals surface area contributed by atoms with Crippen molar-refractivity contribution in [3.63, 3.8) is 0 Å². The zero-order valence-electron chi connectivity index (χ0n) is 21.2. The van der Waals surface area contributed by atoms with E-state index in [0.717, 1.165) is 23.5 Å². The van der Waals surface area contributed by atoms with Crippen molar-refractivity contribution >= 4 is 17.7 Å². The lowest BCUT2D eigenvalue weighted by Gasteiger charge is -2.21. The lowest BCUT2D eigenvalue weighted by Crippen LogP contribution is -2.45. The smallest absolute Gasteiger partial charge is 0.329 e. The van der Waals surface area contributed by atoms with E-state index in [0.29, 0.717) is 36.0 Å². The fourth-order valence-electron chi connectivity index (χ4n) is 4.24. The van der Waals surface area contributed by atoms with Crippen molar-refractivity contribution in [1.82, 2.24) is 9.88 Å². The number of halogens is 1. The maximum absolute atomic E-state index is 13.2. The zero-order chi connectivity index (χ0) is 26.7. The van der Waals surface area contributed by atoms with Crippen LogP contribution in [0.5, 0.6) is 11.5 Å². The summed E-state index contributed by atoms with van der Waals surface area (Å²) < 4.78 is 31.7. The van der Waals surface area contributed by atoms with Crippen LogP contribution < -0.4 is 14.8 Å². The number of nitrogens with zero attached hydrogens (tertiary/aromatic N) is 1. The van der Waals surface area contributed by atoms with Gasteiger partial charge >= 0.3 is 5.97 Å². The Bertz CT molecular complexity index is 1330. The molecule has 0 unspecified atom stereocenters. The van der Waals surface area contributed by atoms with Crippen molar-refractivity contribution in [2.75, 3.05) is 19.8 Å². The molecule has 1 amide bonds. The minimum Gasteiger partial charge on any atom is -0.486 e. The van der Waals surface area contributed by atoms with Gasteiger partial charge in [-0.05, 0) is 62.2 Å². The summed E-state index contributed by atoms with van der Waals surface area (Å²) >= 11 is 0. The van der Waals surface area contributed by atoms with Gasteiger partial charge in [-0.1, -0.05) is 13.8 Å². The molecule has 1 aromatic heterocycles. The average Bonchev–Trinajstić information content (AvgIpc) is 3.19. The second-order valence-corrected chi connectivity index (χ2v) is 9.18. The predicted octanol–water partition coefficient (Wildman–Crippen LogP) is 4.18. The van der Waals surface area contributed by atoms with Gasteiger partial charge in [-0.2, -0.15) is 0 Å². The second-order valence-electron chi connectivity index (χ2n) is 9.18. The van der Waals surface area contributed by atoms with Crippen LogP contribution in [0.3, 0.4) is 0 Å². The van der Waals surface area contributed by atoms with Crippen LogP contribution in [0.2, 0.25) is 0 Å². The van der Waals surface area contributed by atoms with E-state index in [9.17, 15) is 18.8 Å². The van der Waals surface area contributed by atoms with Crippen LogP contribution in [-0.4, -0.2) is 48.1 Å². The van der Waals surface area contributed by atoms with Crippen LogP contribution in [-0.2, 0) is 9.53 Å². The molecule has 0 saturated heterocycles. The largest absolute Gasteiger partial charge is 0.486 e. The van der Waals surface area contributed by atoms with E-state index in [4.69, 9.17) is 14.2 Å². The molecule has 2 heterocycles. The molecule has 4 rings (SSSR count). The summed E-state index contributed by atoms with van der Waals surface area (Å²) in [6, 6.07) is 11.3. The van der Waals surface area contributed by atoms with Gasteiger partial charge in [-0.25, -0.2) is 9.18 Å². The van der Waals surface area contributed by atoms with Crippen LogP contribution in [0.4, 0.5) is 4.39 Å². The molecule has 3 aromatic rings. The first-order valence-corrected chi connectivity index (χ1v) is 12.0. The normalized spacial score (nSPS) is 13.2. The number of nitrogens with one attached hydrogen (secondary N) is 1. The van der Waals surface area contributed by atoms with Gasteiger partial charge in [0.05, 0.1) is 0 Å². The van der Waals surface area contributed by atoms with Gasteiger partial charge in [0, 0.05) is 34.3 Å². The summed E-state index contributed by atoms with van der Waals surface area (Å²) in [6.45, 7) is 7.69. The number of esters is 1. The fraction of sp³-hybridized carbons (Fsp3) is 0.321. The van der Waals surface area contributed by atoms with Crippen LogP contribution in [0.1, 0.15) is 46.0 Å². The topological polar surface area (TPSA) is 95.9 Å². The van der Waals surface area contributed by atoms with Gasteiger partial charge in [0.2, 0.25) is 5.78 Å². The summed E-state index contributed by atoms with van der Waals surface area (Å²) in [5.41, 5.74) is 2.98. The number of carbonyl (C=O) groups is 3. The van der Waals surface area contributed by atoms with E-state index in [1.165, 1.54) is 12.1 Å². The number of benzene rings is 2. The molecule has 0 saturated carbocycles. The Hall–Kier alpha value is -4.14. The van der Waals surface area contributed by atoms with Crippen LogP contribution in [0.25, 0.3) is 5.69 Å². The first-order valence-electron chi connectivity index (χ1n) is 12.0. The molecule has 1 aliphatic heterocycles. The monoisotopic (exact) mass is 508 g/mol. The van der Waals surface area contributed by atoms with Crippen molar-refractivity contribution in [2.45, 2.75) is 33.7 Å². The predicted molar refractivity (Wildman–Crippen MR) is 134 cm³/mol. The minimum absolute atomic E-state index is 0.211. The third-order valence-electron chi connectivity index (χ3n) is 6.17. The highest BCUT2D eigenvalue weighted by molar-refractivity contribution is 6.00. The van der Waals surface area contributed by atoms with E-state index >= 15 is 0 Å². The number of ether oxygens (including phenoxy) is 3. The van der Waals surface area contributed by atoms with E-state index in [1.54, 1.807) is 19.9 Å². The molecule has 1 atom stereocenters. The molecule has 9 heteroatoms. The highest BCUT2D eigenvalue weighted by Gasteiger charge is 2.28. The summed E-state index contributed by atoms with van der Waals surface area (Å²) in [5.74, 6) is -1.08. The molecule has 194 valence electrons. The molecule has 1 N–H and O–H groups in total. The Morgan fingerprint density at radius 2 is 1.68 bits per heavy atom. The Labute approximate surface area is 214 Å². The lowest BCUT2D eigenvalue weighted by molar-refractivity contribution is -0.145. The highest BCUT2D eigenvalue weighted by Crippen LogP contribution is 2.33. The van der Waals surface area contributed by atoms with Crippen molar-refractivity contribution in [3.8, 4) is 17.2 Å². The molecular formula is C28H29FN2O6. The van der Waals surface area contributed by atoms with Crippen molar-refractivity contribution < 1.29 is 33.0 Å². The van der Waals surface area contributed by atoms with E-state index in [2.05, 4.69) is 5.32 Å². The van der Waals surface area contributed by atoms with Crippen LogP contribution in [0, 0.1) is 25.6 Å². The maximum atomic E-state index is 13.2. The van der Waals surface area contributed by atoms with Crippen molar-refractivity contribution in [3.05, 3.63) is 76.9 Å². The van der Waals surface area contributed by atoms with Gasteiger partial charge in [0.15, 0.2) is 18.1 Å². The van der Waals surface area contributed by atoms with Crippen LogP contribution in [0.15, 0.2) is 48.5 Å². The number of carbonyl (C=O) groups excluding carboxylic acids is 3. The van der Waals surface area contributed by atoms with Crippen LogP contribution >= 0.6 is 0 Å². The Balaban J connectivity index is 1.44. The Morgan fingerprint density at radius 1 is 1.00 bits per heavy atom. The van der Waals surface area contributed by atoms with E-state index < -0.39 is 30.3 Å². The standard InChI is InChI=1S/C28H29FN2O6/c1-16(2)26(30-27(33)19-5-7-20(29)8-6-19)28(34)37-15-23(32)22-13-17(3)31(18(22)4)21-9-10-24-25(14-21)36-12-11-35-24/h5-10,13-14,16,26H,11-12,15H2,1-4H3,(H,30,33)/t26-/m1/s1. The quantitative estimate of drug-likeness (QED) is 0.362. The number of hydrogen-bond donors (Lipinski definition) is 1. The first kappa shape index (κ1) is 25.9. The molecule has 1 aliphatic rings. The third kappa shape index (κ3) is 5.66. The Kier molecular flexibility index (Phi) is 7.61. The molecule has 2 aromatic carbocycles. The second kappa shape index (κ2) is 10.9. The van der Waals surface area contributed by atoms with Crippen molar-refractivity contribution in [1.29, 1.82) is 0 Å². The average molecular weight is 509 g/mol. The number of aryl methyl sites for hydroxylation is 1. The summed E-state index contributed by atoms with van der Waals surface area (Å²) in [6.07, 6.45) is 0. The third-order valence-corrected chi connectivity index (χ3v) is 6.17. The summed E-state index contributed by atoms with van der Waals surface area (Å²) in [5, 5.41) is 2.61. The van der Waals surface area contributed by atoms with Gasteiger partial charge in [-0.3, -0.25) is 9.59 Å². The molecule has 0 bridgehead atoms. The number of fused-ring (bicyclic) bond motifs is 1. The molecule has 0 radical (unpaired) electrons. The number of amides is 1. The molecule has 0 aliphatic carbocycles. The molecule has 8 nitrogen and oxygen atoms in total. The van der Waals surface area contributed by atoms with E-state index in [1.807, 2.05) is 36.6 Å². The molecular weight excluding hydrogens is 479 g/mol. The van der Waals surface area contributed by atoms with Gasteiger partial charge in [-0.15, -0.1) is 0 Å². The molecule has 0 fully saturated rings. The lowest BCUT2D eigenvalue weighted by atomic mass is 10.0. The highest BCUT2D eigenvalue weighted by atomic mass is 19.1. The molecule has 37 heavy (non-hydrogen) atoms. The maximum Gasteiger partial charge on any atom is 0.329 e. The minimum atomic E-state index is -0.976. The number of aromatic nitrogens is 1. The number of Topliss-reactive ketones (excluding diaryl/α,β-unsaturated/α-hetero) is 1. The van der Waals surface area contributed by atoms with E-state index in [-0.39, 0.29) is 17.3 Å². The van der Waals surface area contributed by atoms with Gasteiger partial charge in [0.25, 0.3) is 5.91 Å². The zero-order valence-corrected chi connectivity index (χ0v) is 21.2. The Morgan fingerprint density at radius 3 is 2.35 bits per heavy atom. The first-order chi connectivity index (χ1) is 17.7. The van der Waals surface area contributed by atoms with Gasteiger partial charge in [0.1, 0.15) is 25.1 Å². The number of rotatable bonds is 8. The summed E-state index contributed by atoms with van der Waals surface area (Å²) in [4.78, 5) is 38.3. The van der Waals surface area contributed by atoms with Crippen molar-refractivity contribution in [2.24, 2.45) is 5.92 Å².